The van der Waals surface area contributed by atoms with Crippen LogP contribution >= 0.6 is 0 Å². The Morgan fingerprint density at radius 1 is 1.40 bits per heavy atom. The molecular weight excluding hydrogens is 318 g/mol. The molecule has 5 N–H and O–H groups in total. The number of H-pyrrole nitrogens is 2. The molecule has 25 heavy (non-hydrogen) atoms. The second-order valence-electron chi connectivity index (χ2n) is 6.71. The number of nitrogens with zero attached hydrogens (tertiary/aromatic N) is 3. The van der Waals surface area contributed by atoms with Crippen molar-refractivity contribution in [2.45, 2.75) is 18.9 Å². The van der Waals surface area contributed by atoms with E-state index in [1.54, 1.807) is 12.4 Å². The second-order valence-corrected chi connectivity index (χ2v) is 6.71. The summed E-state index contributed by atoms with van der Waals surface area (Å²) in [5, 5.41) is 4.29. The lowest BCUT2D eigenvalue weighted by molar-refractivity contribution is 0.498. The van der Waals surface area contributed by atoms with Gasteiger partial charge in [-0.3, -0.25) is 4.79 Å². The Morgan fingerprint density at radius 2 is 2.28 bits per heavy atom. The standard InChI is InChI=1S/C17H21N7O/c1-11-7-19-15-14(11)16(22-10-21-15)24-6-5-17(18,9-24)8-20-12-3-2-4-13(25)23-12/h2-4,7,10H,5-6,8-9,18H2,1H3,(H,19,21,22)(H2,20,23,25)/t17-/m0/s1. The van der Waals surface area contributed by atoms with Crippen LogP contribution in [-0.2, 0) is 0 Å². The Labute approximate surface area is 144 Å². The number of fused-ring (bicyclic) bond motifs is 1. The van der Waals surface area contributed by atoms with Crippen molar-refractivity contribution in [3.63, 3.8) is 0 Å². The van der Waals surface area contributed by atoms with Crippen molar-refractivity contribution >= 4 is 22.7 Å². The van der Waals surface area contributed by atoms with E-state index >= 15 is 0 Å². The molecule has 4 rings (SSSR count). The molecule has 0 aliphatic carbocycles. The van der Waals surface area contributed by atoms with Crippen LogP contribution in [0.1, 0.15) is 12.0 Å². The van der Waals surface area contributed by atoms with Crippen LogP contribution in [0.3, 0.4) is 0 Å². The highest BCUT2D eigenvalue weighted by Crippen LogP contribution is 2.30. The number of anilines is 2. The lowest BCUT2D eigenvalue weighted by Gasteiger charge is -2.26. The van der Waals surface area contributed by atoms with Crippen LogP contribution in [0.5, 0.6) is 0 Å². The predicted molar refractivity (Wildman–Crippen MR) is 97.9 cm³/mol. The second kappa shape index (κ2) is 5.89. The third-order valence-corrected chi connectivity index (χ3v) is 4.73. The van der Waals surface area contributed by atoms with E-state index < -0.39 is 5.54 Å². The van der Waals surface area contributed by atoms with Crippen molar-refractivity contribution in [3.8, 4) is 0 Å². The molecule has 0 aromatic carbocycles. The molecule has 0 unspecified atom stereocenters. The molecule has 1 fully saturated rings. The molecule has 1 aliphatic rings. The molecule has 3 aromatic heterocycles. The van der Waals surface area contributed by atoms with Gasteiger partial charge in [0.25, 0.3) is 0 Å². The number of hydrogen-bond acceptors (Lipinski definition) is 6. The minimum Gasteiger partial charge on any atom is -0.370 e. The zero-order chi connectivity index (χ0) is 17.4. The summed E-state index contributed by atoms with van der Waals surface area (Å²) in [4.78, 5) is 28.3. The van der Waals surface area contributed by atoms with Gasteiger partial charge in [0.05, 0.1) is 10.9 Å². The van der Waals surface area contributed by atoms with E-state index in [0.29, 0.717) is 18.9 Å². The average Bonchev–Trinajstić information content (AvgIpc) is 3.18. The number of aromatic nitrogens is 4. The van der Waals surface area contributed by atoms with Crippen molar-refractivity contribution < 1.29 is 0 Å². The molecule has 0 radical (unpaired) electrons. The first-order valence-electron chi connectivity index (χ1n) is 8.30. The molecule has 1 atom stereocenters. The summed E-state index contributed by atoms with van der Waals surface area (Å²) in [7, 11) is 0. The molecule has 8 nitrogen and oxygen atoms in total. The van der Waals surface area contributed by atoms with Gasteiger partial charge in [0, 0.05) is 31.9 Å². The quantitative estimate of drug-likeness (QED) is 0.563. The summed E-state index contributed by atoms with van der Waals surface area (Å²) in [6.45, 7) is 4.14. The predicted octanol–water partition coefficient (Wildman–Crippen LogP) is 0.974. The summed E-state index contributed by atoms with van der Waals surface area (Å²) >= 11 is 0. The molecule has 0 spiro atoms. The summed E-state index contributed by atoms with van der Waals surface area (Å²) in [5.41, 5.74) is 8.03. The molecule has 0 saturated carbocycles. The molecule has 0 bridgehead atoms. The fourth-order valence-corrected chi connectivity index (χ4v) is 3.38. The Kier molecular flexibility index (Phi) is 3.69. The van der Waals surface area contributed by atoms with Gasteiger partial charge < -0.3 is 25.9 Å². The molecule has 1 aliphatic heterocycles. The van der Waals surface area contributed by atoms with Gasteiger partial charge in [-0.1, -0.05) is 6.07 Å². The molecule has 8 heteroatoms. The number of aryl methyl sites for hydroxylation is 1. The maximum Gasteiger partial charge on any atom is 0.249 e. The smallest absolute Gasteiger partial charge is 0.249 e. The van der Waals surface area contributed by atoms with E-state index in [4.69, 9.17) is 5.73 Å². The van der Waals surface area contributed by atoms with Gasteiger partial charge in [-0.2, -0.15) is 0 Å². The SMILES string of the molecule is Cc1c[nH]c2ncnc(N3CC[C@](N)(CNc4cccc(=O)[nH]4)C3)c12. The maximum absolute atomic E-state index is 11.4. The molecule has 3 aromatic rings. The lowest BCUT2D eigenvalue weighted by atomic mass is 10.0. The average molecular weight is 339 g/mol. The van der Waals surface area contributed by atoms with Gasteiger partial charge in [-0.25, -0.2) is 9.97 Å². The summed E-state index contributed by atoms with van der Waals surface area (Å²) < 4.78 is 0. The minimum absolute atomic E-state index is 0.129. The van der Waals surface area contributed by atoms with Gasteiger partial charge in [0.2, 0.25) is 5.56 Å². The van der Waals surface area contributed by atoms with Crippen molar-refractivity contribution in [1.82, 2.24) is 19.9 Å². The Morgan fingerprint density at radius 3 is 3.12 bits per heavy atom. The normalized spacial score (nSPS) is 20.3. The van der Waals surface area contributed by atoms with Crippen molar-refractivity contribution in [3.05, 3.63) is 46.6 Å². The maximum atomic E-state index is 11.4. The zero-order valence-corrected chi connectivity index (χ0v) is 14.0. The fourth-order valence-electron chi connectivity index (χ4n) is 3.38. The highest BCUT2D eigenvalue weighted by atomic mass is 16.1. The molecule has 4 heterocycles. The van der Waals surface area contributed by atoms with E-state index in [9.17, 15) is 4.79 Å². The van der Waals surface area contributed by atoms with Crippen LogP contribution in [0.15, 0.2) is 35.5 Å². The summed E-state index contributed by atoms with van der Waals surface area (Å²) in [6, 6.07) is 5.03. The zero-order valence-electron chi connectivity index (χ0n) is 14.0. The number of pyridine rings is 1. The van der Waals surface area contributed by atoms with E-state index in [0.717, 1.165) is 35.4 Å². The van der Waals surface area contributed by atoms with E-state index in [1.807, 2.05) is 19.2 Å². The summed E-state index contributed by atoms with van der Waals surface area (Å²) in [6.07, 6.45) is 4.37. The van der Waals surface area contributed by atoms with E-state index in [-0.39, 0.29) is 5.56 Å². The first kappa shape index (κ1) is 15.6. The lowest BCUT2D eigenvalue weighted by Crippen LogP contribution is -2.48. The van der Waals surface area contributed by atoms with Crippen LogP contribution in [0, 0.1) is 6.92 Å². The fraction of sp³-hybridized carbons (Fsp3) is 0.353. The van der Waals surface area contributed by atoms with Gasteiger partial charge in [-0.15, -0.1) is 0 Å². The number of aromatic amines is 2. The third kappa shape index (κ3) is 2.96. The number of rotatable bonds is 4. The van der Waals surface area contributed by atoms with E-state index in [2.05, 4.69) is 30.2 Å². The van der Waals surface area contributed by atoms with Gasteiger partial charge >= 0.3 is 0 Å². The Bertz CT molecular complexity index is 963. The highest BCUT2D eigenvalue weighted by Gasteiger charge is 2.35. The van der Waals surface area contributed by atoms with Crippen molar-refractivity contribution in [1.29, 1.82) is 0 Å². The molecule has 1 saturated heterocycles. The molecule has 130 valence electrons. The molecule has 0 amide bonds. The molecular formula is C17H21N7O. The van der Waals surface area contributed by atoms with Crippen LogP contribution in [0.4, 0.5) is 11.6 Å². The Hall–Kier alpha value is -2.87. The van der Waals surface area contributed by atoms with Crippen LogP contribution in [-0.4, -0.2) is 45.1 Å². The van der Waals surface area contributed by atoms with E-state index in [1.165, 1.54) is 6.07 Å². The number of nitrogens with one attached hydrogen (secondary N) is 3. The van der Waals surface area contributed by atoms with Gasteiger partial charge in [0.15, 0.2) is 0 Å². The van der Waals surface area contributed by atoms with Gasteiger partial charge in [-0.05, 0) is 25.0 Å². The first-order valence-corrected chi connectivity index (χ1v) is 8.30. The largest absolute Gasteiger partial charge is 0.370 e. The third-order valence-electron chi connectivity index (χ3n) is 4.73. The first-order chi connectivity index (χ1) is 12.0. The highest BCUT2D eigenvalue weighted by molar-refractivity contribution is 5.90. The van der Waals surface area contributed by atoms with Crippen LogP contribution in [0.25, 0.3) is 11.0 Å². The van der Waals surface area contributed by atoms with Crippen molar-refractivity contribution in [2.24, 2.45) is 5.73 Å². The number of nitrogens with two attached hydrogens (primary N) is 1. The van der Waals surface area contributed by atoms with Crippen LogP contribution in [0.2, 0.25) is 0 Å². The minimum atomic E-state index is -0.395. The Balaban J connectivity index is 1.52. The number of hydrogen-bond donors (Lipinski definition) is 4. The van der Waals surface area contributed by atoms with Crippen molar-refractivity contribution in [2.75, 3.05) is 29.9 Å². The van der Waals surface area contributed by atoms with Crippen LogP contribution < -0.4 is 21.5 Å². The topological polar surface area (TPSA) is 116 Å². The summed E-state index contributed by atoms with van der Waals surface area (Å²) in [5.74, 6) is 1.60. The monoisotopic (exact) mass is 339 g/mol. The van der Waals surface area contributed by atoms with Gasteiger partial charge in [0.1, 0.15) is 23.6 Å².